The Labute approximate surface area is 113 Å². The molecule has 0 amide bonds. The van der Waals surface area contributed by atoms with Crippen LogP contribution < -0.4 is 5.73 Å². The first-order chi connectivity index (χ1) is 9.15. The van der Waals surface area contributed by atoms with Gasteiger partial charge in [-0.1, -0.05) is 42.5 Å². The van der Waals surface area contributed by atoms with E-state index in [1.165, 1.54) is 12.1 Å². The fourth-order valence-electron chi connectivity index (χ4n) is 2.11. The molecular formula is C16H19FN2. The van der Waals surface area contributed by atoms with Crippen LogP contribution in [0.25, 0.3) is 0 Å². The van der Waals surface area contributed by atoms with E-state index in [4.69, 9.17) is 5.73 Å². The van der Waals surface area contributed by atoms with Crippen LogP contribution >= 0.6 is 0 Å². The highest BCUT2D eigenvalue weighted by molar-refractivity contribution is 5.19. The molecule has 19 heavy (non-hydrogen) atoms. The van der Waals surface area contributed by atoms with E-state index < -0.39 is 0 Å². The second-order valence-electron chi connectivity index (χ2n) is 4.84. The van der Waals surface area contributed by atoms with Crippen LogP contribution in [-0.2, 0) is 6.54 Å². The molecule has 2 rings (SSSR count). The Kier molecular flexibility index (Phi) is 4.66. The van der Waals surface area contributed by atoms with Crippen LogP contribution in [0.15, 0.2) is 54.6 Å². The molecule has 1 atom stereocenters. The van der Waals surface area contributed by atoms with E-state index in [1.54, 1.807) is 12.1 Å². The van der Waals surface area contributed by atoms with Crippen molar-refractivity contribution >= 4 is 0 Å². The van der Waals surface area contributed by atoms with Crippen LogP contribution in [-0.4, -0.2) is 18.5 Å². The fraction of sp³-hybridized carbons (Fsp3) is 0.250. The van der Waals surface area contributed by atoms with Crippen molar-refractivity contribution in [2.24, 2.45) is 5.73 Å². The Balaban J connectivity index is 1.90. The molecule has 0 fully saturated rings. The topological polar surface area (TPSA) is 29.3 Å². The molecule has 0 spiro atoms. The number of hydrogen-bond acceptors (Lipinski definition) is 2. The minimum Gasteiger partial charge on any atom is -0.323 e. The van der Waals surface area contributed by atoms with Crippen LogP contribution in [0.2, 0.25) is 0 Å². The van der Waals surface area contributed by atoms with Crippen molar-refractivity contribution in [2.75, 3.05) is 13.6 Å². The van der Waals surface area contributed by atoms with Gasteiger partial charge in [0, 0.05) is 19.1 Å². The maximum Gasteiger partial charge on any atom is 0.123 e. The molecule has 0 saturated heterocycles. The lowest BCUT2D eigenvalue weighted by atomic mass is 10.1. The predicted octanol–water partition coefficient (Wildman–Crippen LogP) is 2.96. The average molecular weight is 258 g/mol. The van der Waals surface area contributed by atoms with Crippen molar-refractivity contribution in [3.8, 4) is 0 Å². The first-order valence-electron chi connectivity index (χ1n) is 6.38. The molecule has 0 heterocycles. The van der Waals surface area contributed by atoms with Gasteiger partial charge in [0.2, 0.25) is 0 Å². The fourth-order valence-corrected chi connectivity index (χ4v) is 2.11. The Morgan fingerprint density at radius 1 is 1.05 bits per heavy atom. The predicted molar refractivity (Wildman–Crippen MR) is 76.1 cm³/mol. The Hall–Kier alpha value is -1.71. The van der Waals surface area contributed by atoms with Crippen LogP contribution in [0.3, 0.4) is 0 Å². The molecule has 0 saturated carbocycles. The van der Waals surface area contributed by atoms with Crippen LogP contribution in [0.1, 0.15) is 17.2 Å². The molecule has 2 nitrogen and oxygen atoms in total. The number of benzene rings is 2. The summed E-state index contributed by atoms with van der Waals surface area (Å²) in [7, 11) is 2.02. The van der Waals surface area contributed by atoms with Crippen LogP contribution in [0.4, 0.5) is 4.39 Å². The zero-order chi connectivity index (χ0) is 13.7. The largest absolute Gasteiger partial charge is 0.323 e. The lowest BCUT2D eigenvalue weighted by Crippen LogP contribution is -2.28. The number of hydrogen-bond donors (Lipinski definition) is 1. The molecule has 2 aromatic rings. The first kappa shape index (κ1) is 13.7. The van der Waals surface area contributed by atoms with E-state index in [2.05, 4.69) is 4.90 Å². The van der Waals surface area contributed by atoms with E-state index in [1.807, 2.05) is 37.4 Å². The molecular weight excluding hydrogens is 239 g/mol. The van der Waals surface area contributed by atoms with Gasteiger partial charge in [0.1, 0.15) is 5.82 Å². The van der Waals surface area contributed by atoms with Gasteiger partial charge in [-0.15, -0.1) is 0 Å². The zero-order valence-electron chi connectivity index (χ0n) is 11.1. The summed E-state index contributed by atoms with van der Waals surface area (Å²) in [6, 6.07) is 16.6. The summed E-state index contributed by atoms with van der Waals surface area (Å²) in [5.41, 5.74) is 8.39. The molecule has 2 aromatic carbocycles. The summed E-state index contributed by atoms with van der Waals surface area (Å²) < 4.78 is 12.8. The third-order valence-electron chi connectivity index (χ3n) is 3.10. The Bertz CT molecular complexity index is 496. The van der Waals surface area contributed by atoms with Gasteiger partial charge in [-0.3, -0.25) is 0 Å². The highest BCUT2D eigenvalue weighted by Gasteiger charge is 2.09. The SMILES string of the molecule is CN(Cc1ccc(F)cc1)CC(N)c1ccccc1. The smallest absolute Gasteiger partial charge is 0.123 e. The van der Waals surface area contributed by atoms with Gasteiger partial charge in [0.15, 0.2) is 0 Å². The number of halogens is 1. The van der Waals surface area contributed by atoms with Gasteiger partial charge in [0.05, 0.1) is 0 Å². The minimum atomic E-state index is -0.201. The molecule has 0 radical (unpaired) electrons. The quantitative estimate of drug-likeness (QED) is 0.893. The lowest BCUT2D eigenvalue weighted by Gasteiger charge is -2.21. The van der Waals surface area contributed by atoms with Gasteiger partial charge in [0.25, 0.3) is 0 Å². The summed E-state index contributed by atoms with van der Waals surface area (Å²) in [4.78, 5) is 2.14. The zero-order valence-corrected chi connectivity index (χ0v) is 11.1. The van der Waals surface area contributed by atoms with E-state index in [9.17, 15) is 4.39 Å². The second kappa shape index (κ2) is 6.45. The summed E-state index contributed by atoms with van der Waals surface area (Å²) >= 11 is 0. The molecule has 0 aliphatic carbocycles. The second-order valence-corrected chi connectivity index (χ2v) is 4.84. The van der Waals surface area contributed by atoms with Gasteiger partial charge >= 0.3 is 0 Å². The van der Waals surface area contributed by atoms with E-state index in [0.29, 0.717) is 0 Å². The molecule has 1 unspecified atom stereocenters. The van der Waals surface area contributed by atoms with E-state index >= 15 is 0 Å². The monoisotopic (exact) mass is 258 g/mol. The van der Waals surface area contributed by atoms with Crippen molar-refractivity contribution in [3.63, 3.8) is 0 Å². The van der Waals surface area contributed by atoms with Gasteiger partial charge in [-0.25, -0.2) is 4.39 Å². The van der Waals surface area contributed by atoms with Gasteiger partial charge < -0.3 is 10.6 Å². The minimum absolute atomic E-state index is 0.00773. The summed E-state index contributed by atoms with van der Waals surface area (Å²) in [5, 5.41) is 0. The molecule has 0 aromatic heterocycles. The molecule has 2 N–H and O–H groups in total. The maximum atomic E-state index is 12.8. The first-order valence-corrected chi connectivity index (χ1v) is 6.38. The third kappa shape index (κ3) is 4.16. The maximum absolute atomic E-state index is 12.8. The molecule has 0 aliphatic heterocycles. The molecule has 0 aliphatic rings. The van der Waals surface area contributed by atoms with Gasteiger partial charge in [-0.05, 0) is 30.3 Å². The summed E-state index contributed by atoms with van der Waals surface area (Å²) in [5.74, 6) is -0.201. The lowest BCUT2D eigenvalue weighted by molar-refractivity contribution is 0.305. The van der Waals surface area contributed by atoms with Crippen molar-refractivity contribution in [3.05, 3.63) is 71.5 Å². The highest BCUT2D eigenvalue weighted by Crippen LogP contribution is 2.12. The van der Waals surface area contributed by atoms with Crippen molar-refractivity contribution in [2.45, 2.75) is 12.6 Å². The molecule has 100 valence electrons. The Morgan fingerprint density at radius 3 is 2.32 bits per heavy atom. The molecule has 3 heteroatoms. The van der Waals surface area contributed by atoms with Crippen molar-refractivity contribution in [1.82, 2.24) is 4.90 Å². The summed E-state index contributed by atoms with van der Waals surface area (Å²) in [6.07, 6.45) is 0. The van der Waals surface area contributed by atoms with Crippen LogP contribution in [0, 0.1) is 5.82 Å². The highest BCUT2D eigenvalue weighted by atomic mass is 19.1. The molecule has 0 bridgehead atoms. The average Bonchev–Trinajstić information content (AvgIpc) is 2.42. The standard InChI is InChI=1S/C16H19FN2/c1-19(11-13-7-9-15(17)10-8-13)12-16(18)14-5-3-2-4-6-14/h2-10,16H,11-12,18H2,1H3. The normalized spacial score (nSPS) is 12.6. The van der Waals surface area contributed by atoms with Crippen molar-refractivity contribution < 1.29 is 4.39 Å². The number of nitrogens with two attached hydrogens (primary N) is 1. The number of rotatable bonds is 5. The number of likely N-dealkylation sites (N-methyl/N-ethyl adjacent to an activating group) is 1. The Morgan fingerprint density at radius 2 is 1.68 bits per heavy atom. The van der Waals surface area contributed by atoms with E-state index in [0.717, 1.165) is 24.2 Å². The van der Waals surface area contributed by atoms with Gasteiger partial charge in [-0.2, -0.15) is 0 Å². The van der Waals surface area contributed by atoms with Crippen LogP contribution in [0.5, 0.6) is 0 Å². The number of nitrogens with zero attached hydrogens (tertiary/aromatic N) is 1. The summed E-state index contributed by atoms with van der Waals surface area (Å²) in [6.45, 7) is 1.53. The van der Waals surface area contributed by atoms with E-state index in [-0.39, 0.29) is 11.9 Å². The van der Waals surface area contributed by atoms with Crippen molar-refractivity contribution in [1.29, 1.82) is 0 Å². The third-order valence-corrected chi connectivity index (χ3v) is 3.10.